The molecule has 0 spiro atoms. The van der Waals surface area contributed by atoms with Crippen molar-refractivity contribution in [3.8, 4) is 5.75 Å². The molecule has 1 atom stereocenters. The van der Waals surface area contributed by atoms with Crippen LogP contribution in [0, 0.1) is 0 Å². The van der Waals surface area contributed by atoms with Gasteiger partial charge in [-0.1, -0.05) is 62.7 Å². The standard InChI is InChI=1S/C24H32N2O3/c1-4-6-16-25-24(28)19(3)26(17-21-10-8-7-9-11-21)23(27)18-29-22-14-12-20(5-2)13-15-22/h7-15,19H,4-6,16-18H2,1-3H3,(H,25,28)/t19-/m1/s1. The molecular formula is C24H32N2O3. The van der Waals surface area contributed by atoms with Gasteiger partial charge in [0.05, 0.1) is 0 Å². The van der Waals surface area contributed by atoms with Crippen molar-refractivity contribution in [3.63, 3.8) is 0 Å². The molecule has 156 valence electrons. The van der Waals surface area contributed by atoms with E-state index in [-0.39, 0.29) is 18.4 Å². The number of ether oxygens (including phenoxy) is 1. The van der Waals surface area contributed by atoms with Gasteiger partial charge in [0.2, 0.25) is 5.91 Å². The number of aryl methyl sites for hydroxylation is 1. The molecule has 0 radical (unpaired) electrons. The van der Waals surface area contributed by atoms with Crippen LogP contribution >= 0.6 is 0 Å². The van der Waals surface area contributed by atoms with E-state index in [2.05, 4.69) is 19.2 Å². The Kier molecular flexibility index (Phi) is 9.22. The van der Waals surface area contributed by atoms with Gasteiger partial charge in [0.25, 0.3) is 5.91 Å². The van der Waals surface area contributed by atoms with E-state index in [4.69, 9.17) is 4.74 Å². The fourth-order valence-corrected chi connectivity index (χ4v) is 2.95. The highest BCUT2D eigenvalue weighted by Crippen LogP contribution is 2.14. The Morgan fingerprint density at radius 2 is 1.69 bits per heavy atom. The second-order valence-corrected chi connectivity index (χ2v) is 7.11. The molecule has 0 saturated heterocycles. The number of rotatable bonds is 11. The molecule has 2 amide bonds. The molecule has 0 aliphatic heterocycles. The van der Waals surface area contributed by atoms with Crippen LogP contribution in [0.1, 0.15) is 44.7 Å². The SMILES string of the molecule is CCCCNC(=O)[C@@H](C)N(Cc1ccccc1)C(=O)COc1ccc(CC)cc1. The molecule has 0 heterocycles. The van der Waals surface area contributed by atoms with Crippen LogP contribution < -0.4 is 10.1 Å². The second-order valence-electron chi connectivity index (χ2n) is 7.11. The van der Waals surface area contributed by atoms with Crippen LogP contribution in [-0.4, -0.2) is 35.9 Å². The molecule has 2 aromatic rings. The number of hydrogen-bond acceptors (Lipinski definition) is 3. The highest BCUT2D eigenvalue weighted by molar-refractivity contribution is 5.87. The van der Waals surface area contributed by atoms with Gasteiger partial charge >= 0.3 is 0 Å². The summed E-state index contributed by atoms with van der Waals surface area (Å²) in [5, 5.41) is 2.92. The first kappa shape index (κ1) is 22.5. The van der Waals surface area contributed by atoms with Crippen molar-refractivity contribution in [1.82, 2.24) is 10.2 Å². The van der Waals surface area contributed by atoms with Gasteiger partial charge in [-0.25, -0.2) is 0 Å². The van der Waals surface area contributed by atoms with Crippen molar-refractivity contribution in [2.24, 2.45) is 0 Å². The van der Waals surface area contributed by atoms with Crippen LogP contribution in [0.15, 0.2) is 54.6 Å². The first-order valence-electron chi connectivity index (χ1n) is 10.4. The van der Waals surface area contributed by atoms with Gasteiger partial charge < -0.3 is 15.0 Å². The summed E-state index contributed by atoms with van der Waals surface area (Å²) in [5.41, 5.74) is 2.19. The highest BCUT2D eigenvalue weighted by atomic mass is 16.5. The average Bonchev–Trinajstić information content (AvgIpc) is 2.76. The third-order valence-corrected chi connectivity index (χ3v) is 4.89. The van der Waals surface area contributed by atoms with Crippen LogP contribution in [0.25, 0.3) is 0 Å². The lowest BCUT2D eigenvalue weighted by Crippen LogP contribution is -2.49. The smallest absolute Gasteiger partial charge is 0.261 e. The summed E-state index contributed by atoms with van der Waals surface area (Å²) in [6.45, 7) is 6.80. The fourth-order valence-electron chi connectivity index (χ4n) is 2.95. The molecule has 2 aromatic carbocycles. The normalized spacial score (nSPS) is 11.6. The fraction of sp³-hybridized carbons (Fsp3) is 0.417. The zero-order chi connectivity index (χ0) is 21.1. The Bertz CT molecular complexity index is 759. The van der Waals surface area contributed by atoms with Gasteiger partial charge in [-0.15, -0.1) is 0 Å². The Labute approximate surface area is 174 Å². The molecule has 2 rings (SSSR count). The van der Waals surface area contributed by atoms with Gasteiger partial charge in [0.1, 0.15) is 11.8 Å². The maximum Gasteiger partial charge on any atom is 0.261 e. The maximum atomic E-state index is 12.9. The summed E-state index contributed by atoms with van der Waals surface area (Å²) in [6.07, 6.45) is 2.88. The molecule has 5 nitrogen and oxygen atoms in total. The molecular weight excluding hydrogens is 364 g/mol. The average molecular weight is 397 g/mol. The number of carbonyl (C=O) groups excluding carboxylic acids is 2. The predicted octanol–water partition coefficient (Wildman–Crippen LogP) is 3.96. The number of unbranched alkanes of at least 4 members (excludes halogenated alkanes) is 1. The summed E-state index contributed by atoms with van der Waals surface area (Å²) < 4.78 is 5.69. The Morgan fingerprint density at radius 1 is 1.00 bits per heavy atom. The molecule has 0 aliphatic carbocycles. The predicted molar refractivity (Wildman–Crippen MR) is 116 cm³/mol. The van der Waals surface area contributed by atoms with Crippen LogP contribution in [0.3, 0.4) is 0 Å². The highest BCUT2D eigenvalue weighted by Gasteiger charge is 2.26. The zero-order valence-corrected chi connectivity index (χ0v) is 17.7. The van der Waals surface area contributed by atoms with E-state index in [1.165, 1.54) is 5.56 Å². The number of nitrogens with one attached hydrogen (secondary N) is 1. The number of hydrogen-bond donors (Lipinski definition) is 1. The topological polar surface area (TPSA) is 58.6 Å². The number of benzene rings is 2. The van der Waals surface area contributed by atoms with Crippen molar-refractivity contribution in [2.75, 3.05) is 13.2 Å². The molecule has 0 unspecified atom stereocenters. The quantitative estimate of drug-likeness (QED) is 0.585. The first-order chi connectivity index (χ1) is 14.0. The minimum atomic E-state index is -0.578. The third kappa shape index (κ3) is 7.26. The Morgan fingerprint density at radius 3 is 2.31 bits per heavy atom. The monoisotopic (exact) mass is 396 g/mol. The van der Waals surface area contributed by atoms with Crippen LogP contribution in [0.5, 0.6) is 5.75 Å². The molecule has 29 heavy (non-hydrogen) atoms. The molecule has 0 saturated carbocycles. The number of carbonyl (C=O) groups is 2. The van der Waals surface area contributed by atoms with E-state index in [1.54, 1.807) is 11.8 Å². The minimum Gasteiger partial charge on any atom is -0.484 e. The summed E-state index contributed by atoms with van der Waals surface area (Å²) in [6, 6.07) is 16.8. The van der Waals surface area contributed by atoms with E-state index >= 15 is 0 Å². The van der Waals surface area contributed by atoms with Crippen LogP contribution in [0.2, 0.25) is 0 Å². The van der Waals surface area contributed by atoms with Gasteiger partial charge in [-0.05, 0) is 43.0 Å². The molecule has 1 N–H and O–H groups in total. The van der Waals surface area contributed by atoms with E-state index in [0.29, 0.717) is 18.8 Å². The van der Waals surface area contributed by atoms with Gasteiger partial charge in [-0.2, -0.15) is 0 Å². The summed E-state index contributed by atoms with van der Waals surface area (Å²) >= 11 is 0. The van der Waals surface area contributed by atoms with Crippen molar-refractivity contribution < 1.29 is 14.3 Å². The molecule has 0 bridgehead atoms. The summed E-state index contributed by atoms with van der Waals surface area (Å²) in [5.74, 6) is 0.289. The van der Waals surface area contributed by atoms with Crippen molar-refractivity contribution in [3.05, 3.63) is 65.7 Å². The summed E-state index contributed by atoms with van der Waals surface area (Å²) in [7, 11) is 0. The van der Waals surface area contributed by atoms with Gasteiger partial charge in [0, 0.05) is 13.1 Å². The van der Waals surface area contributed by atoms with E-state index in [0.717, 1.165) is 24.8 Å². The Hall–Kier alpha value is -2.82. The lowest BCUT2D eigenvalue weighted by Gasteiger charge is -2.28. The van der Waals surface area contributed by atoms with Gasteiger partial charge in [-0.3, -0.25) is 9.59 Å². The molecule has 0 aliphatic rings. The molecule has 0 fully saturated rings. The van der Waals surface area contributed by atoms with Crippen molar-refractivity contribution in [1.29, 1.82) is 0 Å². The largest absolute Gasteiger partial charge is 0.484 e. The Balaban J connectivity index is 2.05. The van der Waals surface area contributed by atoms with E-state index in [1.807, 2.05) is 54.6 Å². The van der Waals surface area contributed by atoms with E-state index < -0.39 is 6.04 Å². The van der Waals surface area contributed by atoms with E-state index in [9.17, 15) is 9.59 Å². The summed E-state index contributed by atoms with van der Waals surface area (Å²) in [4.78, 5) is 27.1. The first-order valence-corrected chi connectivity index (χ1v) is 10.4. The zero-order valence-electron chi connectivity index (χ0n) is 17.7. The second kappa shape index (κ2) is 11.9. The number of nitrogens with zero attached hydrogens (tertiary/aromatic N) is 1. The number of amides is 2. The van der Waals surface area contributed by atoms with Crippen LogP contribution in [-0.2, 0) is 22.6 Å². The minimum absolute atomic E-state index is 0.106. The molecule has 5 heteroatoms. The van der Waals surface area contributed by atoms with Crippen LogP contribution in [0.4, 0.5) is 0 Å². The lowest BCUT2D eigenvalue weighted by atomic mass is 10.1. The maximum absolute atomic E-state index is 12.9. The van der Waals surface area contributed by atoms with Gasteiger partial charge in [0.15, 0.2) is 6.61 Å². The van der Waals surface area contributed by atoms with Crippen molar-refractivity contribution >= 4 is 11.8 Å². The molecule has 0 aromatic heterocycles. The third-order valence-electron chi connectivity index (χ3n) is 4.89. The lowest BCUT2D eigenvalue weighted by molar-refractivity contribution is -0.142. The van der Waals surface area contributed by atoms with Crippen molar-refractivity contribution in [2.45, 2.75) is 52.6 Å².